The van der Waals surface area contributed by atoms with Crippen LogP contribution in [-0.2, 0) is 20.1 Å². The van der Waals surface area contributed by atoms with Crippen molar-refractivity contribution in [1.29, 1.82) is 0 Å². The first-order valence-electron chi connectivity index (χ1n) is 9.92. The van der Waals surface area contributed by atoms with Crippen LogP contribution in [0.4, 0.5) is 11.5 Å². The fourth-order valence-corrected chi connectivity index (χ4v) is 3.37. The molecule has 0 fully saturated rings. The predicted octanol–water partition coefficient (Wildman–Crippen LogP) is 3.00. The highest BCUT2D eigenvalue weighted by Crippen LogP contribution is 2.22. The summed E-state index contributed by atoms with van der Waals surface area (Å²) < 4.78 is 7.96. The normalized spacial score (nSPS) is 10.8. The molecule has 0 spiro atoms. The number of halogens is 1. The number of hydrogen-bond donors (Lipinski definition) is 2. The molecule has 13 heteroatoms. The fourth-order valence-electron chi connectivity index (χ4n) is 3.15. The van der Waals surface area contributed by atoms with Crippen LogP contribution in [0.1, 0.15) is 32.2 Å². The SMILES string of the molecule is Cn1cc(NC(=O)c2ccc(Cn3cc(Cl)c([N+](=O)[O-])n3)cc2)c(C(=O)NCc2ccco2)n1. The number of nitrogens with zero attached hydrogens (tertiary/aromatic N) is 5. The number of aryl methyl sites for hydroxylation is 1. The average molecular weight is 484 g/mol. The largest absolute Gasteiger partial charge is 0.467 e. The van der Waals surface area contributed by atoms with Gasteiger partial charge in [0.2, 0.25) is 0 Å². The molecule has 1 aromatic carbocycles. The number of carbonyl (C=O) groups excluding carboxylic acids is 2. The summed E-state index contributed by atoms with van der Waals surface area (Å²) in [6.07, 6.45) is 4.40. The second-order valence-corrected chi connectivity index (χ2v) is 7.64. The third kappa shape index (κ3) is 5.13. The second-order valence-electron chi connectivity index (χ2n) is 7.23. The first-order chi connectivity index (χ1) is 16.3. The van der Waals surface area contributed by atoms with E-state index in [1.54, 1.807) is 43.4 Å². The van der Waals surface area contributed by atoms with Gasteiger partial charge in [0.15, 0.2) is 10.7 Å². The molecule has 174 valence electrons. The number of nitro groups is 1. The Morgan fingerprint density at radius 3 is 2.56 bits per heavy atom. The van der Waals surface area contributed by atoms with Gasteiger partial charge in [0.05, 0.1) is 36.3 Å². The molecule has 0 aliphatic carbocycles. The lowest BCUT2D eigenvalue weighted by molar-refractivity contribution is -0.389. The van der Waals surface area contributed by atoms with Crippen molar-refractivity contribution in [2.75, 3.05) is 5.32 Å². The van der Waals surface area contributed by atoms with Crippen LogP contribution in [0.5, 0.6) is 0 Å². The number of furan rings is 1. The molecule has 0 saturated heterocycles. The Kier molecular flexibility index (Phi) is 6.41. The zero-order chi connectivity index (χ0) is 24.2. The molecule has 34 heavy (non-hydrogen) atoms. The summed E-state index contributed by atoms with van der Waals surface area (Å²) in [6, 6.07) is 10.0. The number of rotatable bonds is 8. The van der Waals surface area contributed by atoms with E-state index >= 15 is 0 Å². The van der Waals surface area contributed by atoms with Crippen molar-refractivity contribution in [2.24, 2.45) is 7.05 Å². The first-order valence-corrected chi connectivity index (χ1v) is 10.3. The van der Waals surface area contributed by atoms with E-state index in [9.17, 15) is 19.7 Å². The number of benzene rings is 1. The standard InChI is InChI=1S/C21H18ClN7O5/c1-27-12-17(18(25-27)21(31)23-9-15-3-2-8-34-15)24-20(30)14-6-4-13(5-7-14)10-28-11-16(22)19(26-28)29(32)33/h2-8,11-12H,9-10H2,1H3,(H,23,31)(H,24,30). The maximum Gasteiger partial charge on any atom is 0.408 e. The molecular weight excluding hydrogens is 466 g/mol. The fraction of sp³-hybridized carbons (Fsp3) is 0.143. The number of hydrogen-bond acceptors (Lipinski definition) is 7. The van der Waals surface area contributed by atoms with Crippen LogP contribution in [-0.4, -0.2) is 36.3 Å². The van der Waals surface area contributed by atoms with Crippen LogP contribution in [0.3, 0.4) is 0 Å². The lowest BCUT2D eigenvalue weighted by atomic mass is 10.1. The molecule has 4 rings (SSSR count). The summed E-state index contributed by atoms with van der Waals surface area (Å²) in [5, 5.41) is 24.2. The molecule has 0 radical (unpaired) electrons. The van der Waals surface area contributed by atoms with Crippen LogP contribution >= 0.6 is 11.6 Å². The van der Waals surface area contributed by atoms with E-state index in [0.29, 0.717) is 11.3 Å². The molecule has 3 heterocycles. The minimum Gasteiger partial charge on any atom is -0.467 e. The van der Waals surface area contributed by atoms with E-state index in [4.69, 9.17) is 16.0 Å². The molecule has 0 bridgehead atoms. The van der Waals surface area contributed by atoms with Gasteiger partial charge in [-0.05, 0) is 34.8 Å². The Hall–Kier alpha value is -4.45. The summed E-state index contributed by atoms with van der Waals surface area (Å²) in [5.41, 5.74) is 1.42. The van der Waals surface area contributed by atoms with Gasteiger partial charge in [-0.3, -0.25) is 14.3 Å². The monoisotopic (exact) mass is 483 g/mol. The van der Waals surface area contributed by atoms with Crippen LogP contribution in [0.25, 0.3) is 0 Å². The third-order valence-electron chi connectivity index (χ3n) is 4.73. The molecule has 0 aliphatic heterocycles. The van der Waals surface area contributed by atoms with Crippen molar-refractivity contribution >= 4 is 34.9 Å². The minimum atomic E-state index is -0.657. The van der Waals surface area contributed by atoms with E-state index in [0.717, 1.165) is 5.56 Å². The summed E-state index contributed by atoms with van der Waals surface area (Å²) in [6.45, 7) is 0.417. The molecule has 0 aliphatic rings. The maximum absolute atomic E-state index is 12.7. The third-order valence-corrected chi connectivity index (χ3v) is 4.99. The molecule has 3 aromatic heterocycles. The van der Waals surface area contributed by atoms with E-state index in [-0.39, 0.29) is 29.5 Å². The second kappa shape index (κ2) is 9.58. The molecule has 0 saturated carbocycles. The molecule has 2 amide bonds. The van der Waals surface area contributed by atoms with Gasteiger partial charge < -0.3 is 25.2 Å². The Balaban J connectivity index is 1.41. The molecule has 2 N–H and O–H groups in total. The summed E-state index contributed by atoms with van der Waals surface area (Å²) in [7, 11) is 1.64. The van der Waals surface area contributed by atoms with Crippen LogP contribution in [0, 0.1) is 10.1 Å². The van der Waals surface area contributed by atoms with E-state index in [1.165, 1.54) is 28.0 Å². The van der Waals surface area contributed by atoms with Crippen LogP contribution < -0.4 is 10.6 Å². The number of carbonyl (C=O) groups is 2. The number of aromatic nitrogens is 4. The number of anilines is 1. The van der Waals surface area contributed by atoms with Gasteiger partial charge in [-0.1, -0.05) is 23.7 Å². The van der Waals surface area contributed by atoms with Gasteiger partial charge in [-0.15, -0.1) is 0 Å². The van der Waals surface area contributed by atoms with Gasteiger partial charge in [0.1, 0.15) is 5.76 Å². The smallest absolute Gasteiger partial charge is 0.408 e. The molecule has 0 unspecified atom stereocenters. The topological polar surface area (TPSA) is 150 Å². The number of amides is 2. The van der Waals surface area contributed by atoms with Crippen molar-refractivity contribution < 1.29 is 18.9 Å². The lowest BCUT2D eigenvalue weighted by Gasteiger charge is -2.07. The highest BCUT2D eigenvalue weighted by Gasteiger charge is 2.20. The molecule has 12 nitrogen and oxygen atoms in total. The van der Waals surface area contributed by atoms with Crippen molar-refractivity contribution in [3.05, 3.63) is 92.8 Å². The van der Waals surface area contributed by atoms with E-state index in [2.05, 4.69) is 20.8 Å². The van der Waals surface area contributed by atoms with Crippen molar-refractivity contribution in [1.82, 2.24) is 24.9 Å². The van der Waals surface area contributed by atoms with Crippen LogP contribution in [0.15, 0.2) is 59.5 Å². The van der Waals surface area contributed by atoms with Crippen LogP contribution in [0.2, 0.25) is 5.02 Å². The Morgan fingerprint density at radius 2 is 1.91 bits per heavy atom. The predicted molar refractivity (Wildman–Crippen MR) is 120 cm³/mol. The van der Waals surface area contributed by atoms with Gasteiger partial charge >= 0.3 is 5.82 Å². The highest BCUT2D eigenvalue weighted by molar-refractivity contribution is 6.32. The molecule has 4 aromatic rings. The average Bonchev–Trinajstić information content (AvgIpc) is 3.53. The molecular formula is C21H18ClN7O5. The quantitative estimate of drug-likeness (QED) is 0.289. The zero-order valence-electron chi connectivity index (χ0n) is 17.8. The first kappa shape index (κ1) is 22.7. The Labute approximate surface area is 197 Å². The van der Waals surface area contributed by atoms with Gasteiger partial charge in [-0.25, -0.2) is 0 Å². The van der Waals surface area contributed by atoms with Crippen molar-refractivity contribution in [3.63, 3.8) is 0 Å². The van der Waals surface area contributed by atoms with E-state index < -0.39 is 22.6 Å². The van der Waals surface area contributed by atoms with Crippen molar-refractivity contribution in [2.45, 2.75) is 13.1 Å². The molecule has 0 atom stereocenters. The lowest BCUT2D eigenvalue weighted by Crippen LogP contribution is -2.25. The summed E-state index contributed by atoms with van der Waals surface area (Å²) >= 11 is 5.81. The summed E-state index contributed by atoms with van der Waals surface area (Å²) in [4.78, 5) is 35.5. The van der Waals surface area contributed by atoms with Gasteiger partial charge in [0, 0.05) is 18.8 Å². The highest BCUT2D eigenvalue weighted by atomic mass is 35.5. The number of nitrogens with one attached hydrogen (secondary N) is 2. The van der Waals surface area contributed by atoms with Crippen molar-refractivity contribution in [3.8, 4) is 0 Å². The zero-order valence-corrected chi connectivity index (χ0v) is 18.5. The maximum atomic E-state index is 12.7. The van der Waals surface area contributed by atoms with E-state index in [1.807, 2.05) is 0 Å². The summed E-state index contributed by atoms with van der Waals surface area (Å²) in [5.74, 6) is -0.730. The van der Waals surface area contributed by atoms with Gasteiger partial charge in [-0.2, -0.15) is 9.78 Å². The minimum absolute atomic E-state index is 0.0542. The Morgan fingerprint density at radius 1 is 1.15 bits per heavy atom. The Bertz CT molecular complexity index is 1340. The van der Waals surface area contributed by atoms with Gasteiger partial charge in [0.25, 0.3) is 11.8 Å².